The third-order valence-corrected chi connectivity index (χ3v) is 3.81. The highest BCUT2D eigenvalue weighted by atomic mass is 35.5. The molecule has 23 heavy (non-hydrogen) atoms. The number of carbonyl (C=O) groups excluding carboxylic acids is 2. The number of rotatable bonds is 2. The van der Waals surface area contributed by atoms with Crippen molar-refractivity contribution in [3.8, 4) is 0 Å². The third kappa shape index (κ3) is 4.60. The summed E-state index contributed by atoms with van der Waals surface area (Å²) in [7, 11) is 0. The molecule has 0 spiro atoms. The molecular formula is C15H16ClF3N2O2. The van der Waals surface area contributed by atoms with Gasteiger partial charge in [-0.2, -0.15) is 13.2 Å². The van der Waals surface area contributed by atoms with Crippen LogP contribution in [0, 0.1) is 0 Å². The summed E-state index contributed by atoms with van der Waals surface area (Å²) in [6.45, 7) is 2.09. The predicted molar refractivity (Wildman–Crippen MR) is 79.2 cm³/mol. The van der Waals surface area contributed by atoms with Crippen molar-refractivity contribution in [2.45, 2.75) is 32.0 Å². The molecule has 126 valence electrons. The Balaban J connectivity index is 2.19. The summed E-state index contributed by atoms with van der Waals surface area (Å²) in [5, 5.41) is 2.59. The van der Waals surface area contributed by atoms with Gasteiger partial charge in [0.05, 0.1) is 5.56 Å². The molecule has 2 rings (SSSR count). The average Bonchev–Trinajstić information content (AvgIpc) is 2.44. The Morgan fingerprint density at radius 2 is 2.00 bits per heavy atom. The van der Waals surface area contributed by atoms with E-state index in [2.05, 4.69) is 5.32 Å². The number of nitrogens with one attached hydrogen (secondary N) is 1. The van der Waals surface area contributed by atoms with Crippen LogP contribution in [-0.2, 0) is 11.0 Å². The van der Waals surface area contributed by atoms with Crippen molar-refractivity contribution >= 4 is 23.4 Å². The number of likely N-dealkylation sites (tertiary alicyclic amines) is 1. The van der Waals surface area contributed by atoms with Crippen LogP contribution >= 0.6 is 11.6 Å². The summed E-state index contributed by atoms with van der Waals surface area (Å²) >= 11 is 5.71. The number of carbonyl (C=O) groups is 2. The molecule has 1 aliphatic rings. The smallest absolute Gasteiger partial charge is 0.352 e. The largest absolute Gasteiger partial charge is 0.416 e. The van der Waals surface area contributed by atoms with E-state index in [0.717, 1.165) is 18.6 Å². The number of benzene rings is 1. The molecule has 1 fully saturated rings. The summed E-state index contributed by atoms with van der Waals surface area (Å²) in [5.74, 6) is -0.723. The second-order valence-corrected chi connectivity index (χ2v) is 5.95. The molecule has 4 nitrogen and oxygen atoms in total. The van der Waals surface area contributed by atoms with Crippen LogP contribution in [0.3, 0.4) is 0 Å². The molecule has 0 aliphatic carbocycles. The van der Waals surface area contributed by atoms with E-state index >= 15 is 0 Å². The summed E-state index contributed by atoms with van der Waals surface area (Å²) in [6.07, 6.45) is -3.17. The molecule has 0 aromatic heterocycles. The Kier molecular flexibility index (Phi) is 5.19. The second-order valence-electron chi connectivity index (χ2n) is 5.52. The lowest BCUT2D eigenvalue weighted by atomic mass is 10.0. The van der Waals surface area contributed by atoms with Gasteiger partial charge >= 0.3 is 6.18 Å². The van der Waals surface area contributed by atoms with E-state index in [1.165, 1.54) is 17.9 Å². The van der Waals surface area contributed by atoms with Crippen molar-refractivity contribution in [2.24, 2.45) is 0 Å². The van der Waals surface area contributed by atoms with E-state index in [-0.39, 0.29) is 29.1 Å². The van der Waals surface area contributed by atoms with Crippen molar-refractivity contribution in [3.05, 3.63) is 34.3 Å². The number of amides is 2. The number of alkyl halides is 3. The third-order valence-electron chi connectivity index (χ3n) is 3.59. The Morgan fingerprint density at radius 3 is 2.61 bits per heavy atom. The second kappa shape index (κ2) is 6.78. The minimum Gasteiger partial charge on any atom is -0.352 e. The zero-order valence-corrected chi connectivity index (χ0v) is 13.2. The molecule has 1 N–H and O–H groups in total. The van der Waals surface area contributed by atoms with Gasteiger partial charge in [0.15, 0.2) is 0 Å². The maximum absolute atomic E-state index is 12.8. The summed E-state index contributed by atoms with van der Waals surface area (Å²) < 4.78 is 38.5. The highest BCUT2D eigenvalue weighted by molar-refractivity contribution is 6.31. The highest BCUT2D eigenvalue weighted by Crippen LogP contribution is 2.32. The number of nitrogens with zero attached hydrogens (tertiary/aromatic N) is 1. The fourth-order valence-electron chi connectivity index (χ4n) is 2.63. The van der Waals surface area contributed by atoms with Crippen molar-refractivity contribution in [1.29, 1.82) is 0 Å². The van der Waals surface area contributed by atoms with Crippen LogP contribution in [-0.4, -0.2) is 35.8 Å². The SMILES string of the molecule is CC(=O)N[C@H]1CCCN(C(=O)c2cc(Cl)cc(C(F)(F)F)c2)C1. The lowest BCUT2D eigenvalue weighted by Gasteiger charge is -2.33. The quantitative estimate of drug-likeness (QED) is 0.892. The zero-order chi connectivity index (χ0) is 17.2. The monoisotopic (exact) mass is 348 g/mol. The lowest BCUT2D eigenvalue weighted by molar-refractivity contribution is -0.137. The van der Waals surface area contributed by atoms with Gasteiger partial charge in [-0.05, 0) is 31.0 Å². The van der Waals surface area contributed by atoms with E-state index in [1.54, 1.807) is 0 Å². The Morgan fingerprint density at radius 1 is 1.30 bits per heavy atom. The molecule has 1 atom stereocenters. The van der Waals surface area contributed by atoms with Gasteiger partial charge in [0.25, 0.3) is 5.91 Å². The standard InChI is InChI=1S/C15H16ClF3N2O2/c1-9(22)20-13-3-2-4-21(8-13)14(23)10-5-11(15(17,18)19)7-12(16)6-10/h5-7,13H,2-4,8H2,1H3,(H,20,22)/t13-/m0/s1. The Hall–Kier alpha value is -1.76. The van der Waals surface area contributed by atoms with Crippen LogP contribution < -0.4 is 5.32 Å². The van der Waals surface area contributed by atoms with Gasteiger partial charge in [-0.3, -0.25) is 9.59 Å². The number of piperidine rings is 1. The molecular weight excluding hydrogens is 333 g/mol. The first kappa shape index (κ1) is 17.6. The minimum absolute atomic E-state index is 0.103. The van der Waals surface area contributed by atoms with E-state index in [4.69, 9.17) is 11.6 Å². The van der Waals surface area contributed by atoms with Gasteiger partial charge in [0.1, 0.15) is 0 Å². The van der Waals surface area contributed by atoms with Gasteiger partial charge in [-0.1, -0.05) is 11.6 Å². The molecule has 1 heterocycles. The summed E-state index contributed by atoms with van der Waals surface area (Å²) in [4.78, 5) is 25.0. The van der Waals surface area contributed by atoms with Crippen molar-refractivity contribution in [2.75, 3.05) is 13.1 Å². The van der Waals surface area contributed by atoms with Crippen LogP contribution in [0.4, 0.5) is 13.2 Å². The van der Waals surface area contributed by atoms with Crippen LogP contribution in [0.5, 0.6) is 0 Å². The number of hydrogen-bond donors (Lipinski definition) is 1. The molecule has 0 radical (unpaired) electrons. The molecule has 0 saturated carbocycles. The van der Waals surface area contributed by atoms with Gasteiger partial charge < -0.3 is 10.2 Å². The van der Waals surface area contributed by atoms with Crippen molar-refractivity contribution in [3.63, 3.8) is 0 Å². The van der Waals surface area contributed by atoms with Crippen LogP contribution in [0.2, 0.25) is 5.02 Å². The minimum atomic E-state index is -4.57. The average molecular weight is 349 g/mol. The Labute approximate surface area is 136 Å². The van der Waals surface area contributed by atoms with E-state index < -0.39 is 17.6 Å². The molecule has 0 unspecified atom stereocenters. The van der Waals surface area contributed by atoms with Gasteiger partial charge in [-0.25, -0.2) is 0 Å². The summed E-state index contributed by atoms with van der Waals surface area (Å²) in [6, 6.07) is 2.62. The van der Waals surface area contributed by atoms with E-state index in [9.17, 15) is 22.8 Å². The van der Waals surface area contributed by atoms with Gasteiger partial charge in [0.2, 0.25) is 5.91 Å². The highest BCUT2D eigenvalue weighted by Gasteiger charge is 2.33. The van der Waals surface area contributed by atoms with Crippen LogP contribution in [0.25, 0.3) is 0 Å². The first-order valence-electron chi connectivity index (χ1n) is 7.11. The fraction of sp³-hybridized carbons (Fsp3) is 0.467. The topological polar surface area (TPSA) is 49.4 Å². The first-order valence-corrected chi connectivity index (χ1v) is 7.49. The molecule has 8 heteroatoms. The van der Waals surface area contributed by atoms with Gasteiger partial charge in [-0.15, -0.1) is 0 Å². The predicted octanol–water partition coefficient (Wildman–Crippen LogP) is 3.10. The number of hydrogen-bond acceptors (Lipinski definition) is 2. The Bertz CT molecular complexity index is 619. The normalized spacial score (nSPS) is 18.7. The van der Waals surface area contributed by atoms with E-state index in [1.807, 2.05) is 0 Å². The first-order chi connectivity index (χ1) is 10.7. The van der Waals surface area contributed by atoms with Crippen molar-refractivity contribution in [1.82, 2.24) is 10.2 Å². The van der Waals surface area contributed by atoms with E-state index in [0.29, 0.717) is 13.0 Å². The maximum Gasteiger partial charge on any atom is 0.416 e. The zero-order valence-electron chi connectivity index (χ0n) is 12.4. The molecule has 2 amide bonds. The van der Waals surface area contributed by atoms with Crippen LogP contribution in [0.1, 0.15) is 35.7 Å². The summed E-state index contributed by atoms with van der Waals surface area (Å²) in [5.41, 5.74) is -1.06. The lowest BCUT2D eigenvalue weighted by Crippen LogP contribution is -2.49. The maximum atomic E-state index is 12.8. The fourth-order valence-corrected chi connectivity index (χ4v) is 2.86. The molecule has 1 aromatic rings. The molecule has 1 aliphatic heterocycles. The molecule has 1 aromatic carbocycles. The molecule has 0 bridgehead atoms. The van der Waals surface area contributed by atoms with Crippen molar-refractivity contribution < 1.29 is 22.8 Å². The number of halogens is 4. The van der Waals surface area contributed by atoms with Crippen LogP contribution in [0.15, 0.2) is 18.2 Å². The van der Waals surface area contributed by atoms with Gasteiger partial charge in [0, 0.05) is 36.6 Å². The molecule has 1 saturated heterocycles.